The maximum atomic E-state index is 5.70. The number of hydrogen-bond acceptors (Lipinski definition) is 3. The third kappa shape index (κ3) is 2.22. The third-order valence-corrected chi connectivity index (χ3v) is 4.03. The Hall–Kier alpha value is -0.450. The van der Waals surface area contributed by atoms with E-state index in [9.17, 15) is 0 Å². The lowest BCUT2D eigenvalue weighted by atomic mass is 10.1. The van der Waals surface area contributed by atoms with Gasteiger partial charge in [-0.25, -0.2) is 0 Å². The molecule has 15 heavy (non-hydrogen) atoms. The van der Waals surface area contributed by atoms with Gasteiger partial charge in [0.1, 0.15) is 10.0 Å². The highest BCUT2D eigenvalue weighted by atomic mass is 79.9. The molecule has 0 unspecified atom stereocenters. The second-order valence-corrected chi connectivity index (χ2v) is 5.25. The standard InChI is InChI=1S/C10H8BrClN2S/c1-6-3-2-4-7(11)9(6)10-14-13-8(5-12)15-10/h2-4H,5H2,1H3. The van der Waals surface area contributed by atoms with Gasteiger partial charge in [0.15, 0.2) is 0 Å². The van der Waals surface area contributed by atoms with Crippen LogP contribution in [0.4, 0.5) is 0 Å². The molecule has 0 aliphatic rings. The van der Waals surface area contributed by atoms with Gasteiger partial charge >= 0.3 is 0 Å². The highest BCUT2D eigenvalue weighted by Crippen LogP contribution is 2.33. The Bertz CT molecular complexity index is 464. The summed E-state index contributed by atoms with van der Waals surface area (Å²) in [6, 6.07) is 6.07. The summed E-state index contributed by atoms with van der Waals surface area (Å²) in [6.45, 7) is 2.06. The summed E-state index contributed by atoms with van der Waals surface area (Å²) in [4.78, 5) is 0. The van der Waals surface area contributed by atoms with Crippen molar-refractivity contribution in [2.24, 2.45) is 0 Å². The second-order valence-electron chi connectivity index (χ2n) is 3.07. The molecule has 2 aromatic rings. The summed E-state index contributed by atoms with van der Waals surface area (Å²) in [5.41, 5.74) is 2.29. The molecule has 0 aliphatic carbocycles. The zero-order chi connectivity index (χ0) is 10.8. The molecule has 5 heteroatoms. The number of aryl methyl sites for hydroxylation is 1. The number of nitrogens with zero attached hydrogens (tertiary/aromatic N) is 2. The molecule has 0 bridgehead atoms. The molecule has 0 saturated heterocycles. The Morgan fingerprint density at radius 3 is 2.80 bits per heavy atom. The van der Waals surface area contributed by atoms with Gasteiger partial charge in [0.2, 0.25) is 0 Å². The predicted octanol–water partition coefficient (Wildman–Crippen LogP) is 4.01. The molecule has 0 N–H and O–H groups in total. The molecule has 0 spiro atoms. The number of halogens is 2. The summed E-state index contributed by atoms with van der Waals surface area (Å²) in [6.07, 6.45) is 0. The van der Waals surface area contributed by atoms with Crippen LogP contribution in [0.1, 0.15) is 10.6 Å². The van der Waals surface area contributed by atoms with Gasteiger partial charge in [-0.15, -0.1) is 21.8 Å². The molecule has 0 fully saturated rings. The molecule has 1 aromatic heterocycles. The highest BCUT2D eigenvalue weighted by Gasteiger charge is 2.11. The summed E-state index contributed by atoms with van der Waals surface area (Å²) in [5, 5.41) is 9.90. The molecule has 2 rings (SSSR count). The lowest BCUT2D eigenvalue weighted by molar-refractivity contribution is 1.04. The average molecular weight is 304 g/mol. The summed E-state index contributed by atoms with van der Waals surface area (Å²) >= 11 is 10.8. The van der Waals surface area contributed by atoms with Crippen LogP contribution in [0.2, 0.25) is 0 Å². The van der Waals surface area contributed by atoms with E-state index in [0.29, 0.717) is 5.88 Å². The van der Waals surface area contributed by atoms with Gasteiger partial charge in [0.05, 0.1) is 5.88 Å². The van der Waals surface area contributed by atoms with Gasteiger partial charge in [0, 0.05) is 10.0 Å². The quantitative estimate of drug-likeness (QED) is 0.783. The first-order chi connectivity index (χ1) is 7.22. The minimum absolute atomic E-state index is 0.418. The summed E-state index contributed by atoms with van der Waals surface area (Å²) < 4.78 is 1.04. The van der Waals surface area contributed by atoms with Crippen LogP contribution in [0.3, 0.4) is 0 Å². The van der Waals surface area contributed by atoms with Crippen LogP contribution in [0, 0.1) is 6.92 Å². The molecule has 1 aromatic carbocycles. The lowest BCUT2D eigenvalue weighted by Gasteiger charge is -2.03. The van der Waals surface area contributed by atoms with Gasteiger partial charge < -0.3 is 0 Å². The summed E-state index contributed by atoms with van der Waals surface area (Å²) in [7, 11) is 0. The smallest absolute Gasteiger partial charge is 0.142 e. The summed E-state index contributed by atoms with van der Waals surface area (Å²) in [5.74, 6) is 0.418. The fourth-order valence-corrected chi connectivity index (χ4v) is 3.13. The Kier molecular flexibility index (Phi) is 3.38. The van der Waals surface area contributed by atoms with Crippen molar-refractivity contribution in [3.63, 3.8) is 0 Å². The SMILES string of the molecule is Cc1cccc(Br)c1-c1nnc(CCl)s1. The van der Waals surface area contributed by atoms with E-state index in [0.717, 1.165) is 20.1 Å². The van der Waals surface area contributed by atoms with Gasteiger partial charge in [0.25, 0.3) is 0 Å². The maximum absolute atomic E-state index is 5.70. The van der Waals surface area contributed by atoms with E-state index in [1.807, 2.05) is 12.1 Å². The van der Waals surface area contributed by atoms with E-state index >= 15 is 0 Å². The lowest BCUT2D eigenvalue weighted by Crippen LogP contribution is -1.83. The van der Waals surface area contributed by atoms with E-state index in [2.05, 4.69) is 39.1 Å². The molecule has 1 heterocycles. The fraction of sp³-hybridized carbons (Fsp3) is 0.200. The molecular weight excluding hydrogens is 296 g/mol. The molecule has 2 nitrogen and oxygen atoms in total. The average Bonchev–Trinajstić information content (AvgIpc) is 2.66. The first kappa shape index (κ1) is 11.0. The van der Waals surface area contributed by atoms with Crippen LogP contribution < -0.4 is 0 Å². The third-order valence-electron chi connectivity index (χ3n) is 2.02. The van der Waals surface area contributed by atoms with E-state index in [4.69, 9.17) is 11.6 Å². The van der Waals surface area contributed by atoms with Crippen LogP contribution in [0.5, 0.6) is 0 Å². The Balaban J connectivity index is 2.53. The number of aromatic nitrogens is 2. The molecular formula is C10H8BrClN2S. The van der Waals surface area contributed by atoms with E-state index < -0.39 is 0 Å². The van der Waals surface area contributed by atoms with Crippen molar-refractivity contribution in [3.05, 3.63) is 33.2 Å². The molecule has 0 aliphatic heterocycles. The Labute approximate surface area is 105 Å². The van der Waals surface area contributed by atoms with Crippen LogP contribution >= 0.6 is 38.9 Å². The van der Waals surface area contributed by atoms with Crippen LogP contribution in [-0.4, -0.2) is 10.2 Å². The highest BCUT2D eigenvalue weighted by molar-refractivity contribution is 9.10. The fourth-order valence-electron chi connectivity index (χ4n) is 1.31. The number of rotatable bonds is 2. The topological polar surface area (TPSA) is 25.8 Å². The van der Waals surface area contributed by atoms with Crippen molar-refractivity contribution in [2.45, 2.75) is 12.8 Å². The normalized spacial score (nSPS) is 10.6. The molecule has 78 valence electrons. The number of alkyl halides is 1. The minimum atomic E-state index is 0.418. The van der Waals surface area contributed by atoms with Gasteiger partial charge in [-0.05, 0) is 18.6 Å². The van der Waals surface area contributed by atoms with Crippen molar-refractivity contribution in [2.75, 3.05) is 0 Å². The van der Waals surface area contributed by atoms with Gasteiger partial charge in [-0.3, -0.25) is 0 Å². The van der Waals surface area contributed by atoms with Gasteiger partial charge in [-0.2, -0.15) is 0 Å². The van der Waals surface area contributed by atoms with E-state index in [1.54, 1.807) is 0 Å². The van der Waals surface area contributed by atoms with Crippen LogP contribution in [0.15, 0.2) is 22.7 Å². The van der Waals surface area contributed by atoms with Crippen molar-refractivity contribution < 1.29 is 0 Å². The van der Waals surface area contributed by atoms with Crippen LogP contribution in [-0.2, 0) is 5.88 Å². The second kappa shape index (κ2) is 4.60. The monoisotopic (exact) mass is 302 g/mol. The van der Waals surface area contributed by atoms with Gasteiger partial charge in [-0.1, -0.05) is 39.4 Å². The van der Waals surface area contributed by atoms with Crippen molar-refractivity contribution in [1.82, 2.24) is 10.2 Å². The van der Waals surface area contributed by atoms with Crippen molar-refractivity contribution in [1.29, 1.82) is 0 Å². The zero-order valence-electron chi connectivity index (χ0n) is 8.00. The van der Waals surface area contributed by atoms with E-state index in [1.165, 1.54) is 16.9 Å². The zero-order valence-corrected chi connectivity index (χ0v) is 11.2. The maximum Gasteiger partial charge on any atom is 0.149 e. The number of benzene rings is 1. The number of hydrogen-bond donors (Lipinski definition) is 0. The predicted molar refractivity (Wildman–Crippen MR) is 67.3 cm³/mol. The largest absolute Gasteiger partial charge is 0.149 e. The Morgan fingerprint density at radius 1 is 1.40 bits per heavy atom. The van der Waals surface area contributed by atoms with Crippen molar-refractivity contribution >= 4 is 38.9 Å². The first-order valence-electron chi connectivity index (χ1n) is 4.36. The molecule has 0 saturated carbocycles. The van der Waals surface area contributed by atoms with Crippen LogP contribution in [0.25, 0.3) is 10.6 Å². The molecule has 0 radical (unpaired) electrons. The molecule has 0 atom stereocenters. The Morgan fingerprint density at radius 2 is 2.20 bits per heavy atom. The van der Waals surface area contributed by atoms with Crippen molar-refractivity contribution in [3.8, 4) is 10.6 Å². The minimum Gasteiger partial charge on any atom is -0.142 e. The first-order valence-corrected chi connectivity index (χ1v) is 6.50. The van der Waals surface area contributed by atoms with E-state index in [-0.39, 0.29) is 0 Å². The molecule has 0 amide bonds.